The molecule has 1 aromatic carbocycles. The Balaban J connectivity index is 1.81. The molecular weight excluding hydrogens is 282 g/mol. The molecule has 128 valence electrons. The van der Waals surface area contributed by atoms with Crippen LogP contribution in [0.3, 0.4) is 0 Å². The zero-order valence-corrected chi connectivity index (χ0v) is 14.8. The molecule has 1 saturated heterocycles. The van der Waals surface area contributed by atoms with Crippen LogP contribution >= 0.6 is 0 Å². The summed E-state index contributed by atoms with van der Waals surface area (Å²) in [7, 11) is 0. The van der Waals surface area contributed by atoms with Crippen LogP contribution in [0.4, 0.5) is 0 Å². The molecule has 2 atom stereocenters. The number of aliphatic hydroxyl groups is 1. The molecule has 3 rings (SSSR count). The number of rotatable bonds is 3. The highest BCUT2D eigenvalue weighted by atomic mass is 16.3. The van der Waals surface area contributed by atoms with Gasteiger partial charge in [0.05, 0.1) is 5.60 Å². The van der Waals surface area contributed by atoms with Gasteiger partial charge >= 0.3 is 0 Å². The van der Waals surface area contributed by atoms with Crippen molar-refractivity contribution in [3.8, 4) is 0 Å². The predicted octanol–water partition coefficient (Wildman–Crippen LogP) is 4.64. The standard InChI is InChI=1S/C21H33NO/c1-18-10-9-12-19(16-18)21(23)13-6-4-5-11-20(21)17-22-14-7-2-3-8-15-22/h9-10,12,16,20,23H,2-8,11,13-15,17H2,1H3. The minimum absolute atomic E-state index is 0.380. The molecule has 2 nitrogen and oxygen atoms in total. The highest BCUT2D eigenvalue weighted by Gasteiger charge is 2.39. The summed E-state index contributed by atoms with van der Waals surface area (Å²) in [4.78, 5) is 2.63. The van der Waals surface area contributed by atoms with Gasteiger partial charge in [-0.25, -0.2) is 0 Å². The Hall–Kier alpha value is -0.860. The zero-order chi connectivity index (χ0) is 16.1. The number of benzene rings is 1. The summed E-state index contributed by atoms with van der Waals surface area (Å²) in [5, 5.41) is 11.7. The van der Waals surface area contributed by atoms with E-state index in [1.165, 1.54) is 63.6 Å². The molecule has 1 heterocycles. The first-order valence-corrected chi connectivity index (χ1v) is 9.70. The third kappa shape index (κ3) is 4.16. The summed E-state index contributed by atoms with van der Waals surface area (Å²) in [5.74, 6) is 0.380. The fourth-order valence-electron chi connectivity index (χ4n) is 4.57. The summed E-state index contributed by atoms with van der Waals surface area (Å²) in [6.07, 6.45) is 11.2. The van der Waals surface area contributed by atoms with Crippen LogP contribution in [-0.4, -0.2) is 29.6 Å². The Morgan fingerprint density at radius 1 is 1.04 bits per heavy atom. The molecule has 0 bridgehead atoms. The quantitative estimate of drug-likeness (QED) is 0.821. The monoisotopic (exact) mass is 315 g/mol. The van der Waals surface area contributed by atoms with E-state index in [2.05, 4.69) is 36.1 Å². The zero-order valence-electron chi connectivity index (χ0n) is 14.8. The van der Waals surface area contributed by atoms with Crippen LogP contribution in [0.25, 0.3) is 0 Å². The molecule has 0 spiro atoms. The van der Waals surface area contributed by atoms with E-state index in [0.717, 1.165) is 24.9 Å². The molecule has 0 radical (unpaired) electrons. The van der Waals surface area contributed by atoms with Crippen LogP contribution in [0.1, 0.15) is 68.9 Å². The molecule has 1 aliphatic heterocycles. The van der Waals surface area contributed by atoms with Gasteiger partial charge in [-0.3, -0.25) is 0 Å². The van der Waals surface area contributed by atoms with Gasteiger partial charge in [-0.2, -0.15) is 0 Å². The predicted molar refractivity (Wildman–Crippen MR) is 96.6 cm³/mol. The van der Waals surface area contributed by atoms with E-state index in [0.29, 0.717) is 5.92 Å². The lowest BCUT2D eigenvalue weighted by atomic mass is 9.77. The minimum atomic E-state index is -0.630. The maximum absolute atomic E-state index is 11.7. The van der Waals surface area contributed by atoms with Crippen LogP contribution < -0.4 is 0 Å². The third-order valence-electron chi connectivity index (χ3n) is 5.98. The first kappa shape index (κ1) is 17.0. The summed E-state index contributed by atoms with van der Waals surface area (Å²) in [6, 6.07) is 8.60. The second-order valence-electron chi connectivity index (χ2n) is 7.80. The fourth-order valence-corrected chi connectivity index (χ4v) is 4.57. The average Bonchev–Trinajstić information content (AvgIpc) is 2.90. The third-order valence-corrected chi connectivity index (χ3v) is 5.98. The van der Waals surface area contributed by atoms with E-state index < -0.39 is 5.60 Å². The molecule has 1 aliphatic carbocycles. The van der Waals surface area contributed by atoms with Crippen molar-refractivity contribution in [3.63, 3.8) is 0 Å². The fraction of sp³-hybridized carbons (Fsp3) is 0.714. The van der Waals surface area contributed by atoms with Crippen molar-refractivity contribution in [1.29, 1.82) is 0 Å². The van der Waals surface area contributed by atoms with E-state index in [-0.39, 0.29) is 0 Å². The Kier molecular flexibility index (Phi) is 5.76. The van der Waals surface area contributed by atoms with E-state index >= 15 is 0 Å². The van der Waals surface area contributed by atoms with Gasteiger partial charge in [0.1, 0.15) is 0 Å². The van der Waals surface area contributed by atoms with Gasteiger partial charge in [0.25, 0.3) is 0 Å². The second-order valence-corrected chi connectivity index (χ2v) is 7.80. The molecule has 1 aromatic rings. The Morgan fingerprint density at radius 3 is 2.52 bits per heavy atom. The number of hydrogen-bond acceptors (Lipinski definition) is 2. The van der Waals surface area contributed by atoms with Crippen LogP contribution in [0.2, 0.25) is 0 Å². The first-order chi connectivity index (χ1) is 11.2. The van der Waals surface area contributed by atoms with Crippen molar-refractivity contribution < 1.29 is 5.11 Å². The largest absolute Gasteiger partial charge is 0.385 e. The van der Waals surface area contributed by atoms with E-state index in [9.17, 15) is 5.11 Å². The van der Waals surface area contributed by atoms with Gasteiger partial charge in [0.2, 0.25) is 0 Å². The van der Waals surface area contributed by atoms with Crippen LogP contribution in [0, 0.1) is 12.8 Å². The Morgan fingerprint density at radius 2 is 1.78 bits per heavy atom. The van der Waals surface area contributed by atoms with E-state index in [1.807, 2.05) is 0 Å². The van der Waals surface area contributed by atoms with Gasteiger partial charge in [0, 0.05) is 12.5 Å². The van der Waals surface area contributed by atoms with Crippen LogP contribution in [0.5, 0.6) is 0 Å². The molecule has 23 heavy (non-hydrogen) atoms. The maximum atomic E-state index is 11.7. The molecule has 2 unspecified atom stereocenters. The molecule has 1 saturated carbocycles. The van der Waals surface area contributed by atoms with Gasteiger partial charge in [-0.15, -0.1) is 0 Å². The van der Waals surface area contributed by atoms with Crippen LogP contribution in [0.15, 0.2) is 24.3 Å². The highest BCUT2D eigenvalue weighted by molar-refractivity contribution is 5.28. The molecule has 2 aliphatic rings. The summed E-state index contributed by atoms with van der Waals surface area (Å²) in [5.41, 5.74) is 1.78. The van der Waals surface area contributed by atoms with Crippen molar-refractivity contribution in [2.45, 2.75) is 70.3 Å². The summed E-state index contributed by atoms with van der Waals surface area (Å²) >= 11 is 0. The van der Waals surface area contributed by atoms with Gasteiger partial charge in [-0.05, 0) is 51.3 Å². The summed E-state index contributed by atoms with van der Waals surface area (Å²) < 4.78 is 0. The Bertz CT molecular complexity index is 492. The minimum Gasteiger partial charge on any atom is -0.385 e. The van der Waals surface area contributed by atoms with Gasteiger partial charge < -0.3 is 10.0 Å². The lowest BCUT2D eigenvalue weighted by molar-refractivity contribution is -0.0428. The average molecular weight is 316 g/mol. The lowest BCUT2D eigenvalue weighted by Gasteiger charge is -2.38. The molecule has 1 N–H and O–H groups in total. The van der Waals surface area contributed by atoms with Crippen LogP contribution in [-0.2, 0) is 5.60 Å². The van der Waals surface area contributed by atoms with Crippen molar-refractivity contribution in [2.75, 3.05) is 19.6 Å². The smallest absolute Gasteiger partial charge is 0.0936 e. The van der Waals surface area contributed by atoms with E-state index in [1.54, 1.807) is 0 Å². The van der Waals surface area contributed by atoms with Gasteiger partial charge in [0.15, 0.2) is 0 Å². The Labute approximate surface area is 141 Å². The highest BCUT2D eigenvalue weighted by Crippen LogP contribution is 2.41. The van der Waals surface area contributed by atoms with Crippen molar-refractivity contribution in [1.82, 2.24) is 4.90 Å². The van der Waals surface area contributed by atoms with E-state index in [4.69, 9.17) is 0 Å². The lowest BCUT2D eigenvalue weighted by Crippen LogP contribution is -2.42. The van der Waals surface area contributed by atoms with Crippen molar-refractivity contribution in [2.24, 2.45) is 5.92 Å². The molecule has 2 heteroatoms. The number of hydrogen-bond donors (Lipinski definition) is 1. The number of aryl methyl sites for hydroxylation is 1. The molecule has 0 amide bonds. The van der Waals surface area contributed by atoms with Gasteiger partial charge in [-0.1, -0.05) is 61.9 Å². The normalized spacial score (nSPS) is 30.6. The molecule has 0 aromatic heterocycles. The first-order valence-electron chi connectivity index (χ1n) is 9.70. The SMILES string of the molecule is Cc1cccc(C2(O)CCCCCC2CN2CCCCCC2)c1. The number of likely N-dealkylation sites (tertiary alicyclic amines) is 1. The van der Waals surface area contributed by atoms with Crippen molar-refractivity contribution in [3.05, 3.63) is 35.4 Å². The number of nitrogens with zero attached hydrogens (tertiary/aromatic N) is 1. The maximum Gasteiger partial charge on any atom is 0.0936 e. The summed E-state index contributed by atoms with van der Waals surface area (Å²) in [6.45, 7) is 5.65. The molecular formula is C21H33NO. The second kappa shape index (κ2) is 7.81. The molecule has 2 fully saturated rings. The van der Waals surface area contributed by atoms with Crippen molar-refractivity contribution >= 4 is 0 Å². The topological polar surface area (TPSA) is 23.5 Å².